The van der Waals surface area contributed by atoms with Crippen LogP contribution in [0.5, 0.6) is 0 Å². The Morgan fingerprint density at radius 1 is 0.870 bits per heavy atom. The van der Waals surface area contributed by atoms with E-state index in [4.69, 9.17) is 4.42 Å². The summed E-state index contributed by atoms with van der Waals surface area (Å²) >= 11 is 0. The van der Waals surface area contributed by atoms with Crippen molar-refractivity contribution in [3.8, 4) is 0 Å². The molecule has 3 nitrogen and oxygen atoms in total. The summed E-state index contributed by atoms with van der Waals surface area (Å²) in [5.74, 6) is -0.110. The minimum Gasteiger partial charge on any atom is -0.456 e. The van der Waals surface area contributed by atoms with Crippen molar-refractivity contribution in [2.24, 2.45) is 0 Å². The Morgan fingerprint density at radius 2 is 1.70 bits per heavy atom. The summed E-state index contributed by atoms with van der Waals surface area (Å²) in [6, 6.07) is 21.1. The van der Waals surface area contributed by atoms with E-state index >= 15 is 0 Å². The highest BCUT2D eigenvalue weighted by Gasteiger charge is 2.10. The summed E-state index contributed by atoms with van der Waals surface area (Å²) < 4.78 is 5.80. The number of hydrogen-bond acceptors (Lipinski definition) is 2. The van der Waals surface area contributed by atoms with Crippen LogP contribution in [0.3, 0.4) is 0 Å². The number of carbonyl (C=O) groups excluding carboxylic acids is 1. The smallest absolute Gasteiger partial charge is 0.255 e. The predicted octanol–water partition coefficient (Wildman–Crippen LogP) is 5.15. The van der Waals surface area contributed by atoms with Gasteiger partial charge in [-0.05, 0) is 43.3 Å². The zero-order chi connectivity index (χ0) is 15.8. The number of hydrogen-bond donors (Lipinski definition) is 1. The van der Waals surface area contributed by atoms with Gasteiger partial charge in [0.15, 0.2) is 0 Å². The Kier molecular flexibility index (Phi) is 3.12. The molecule has 0 bridgehead atoms. The molecule has 4 rings (SSSR count). The van der Waals surface area contributed by atoms with Crippen LogP contribution in [0.2, 0.25) is 0 Å². The van der Waals surface area contributed by atoms with Crippen LogP contribution in [0.25, 0.3) is 21.9 Å². The molecule has 0 aliphatic rings. The van der Waals surface area contributed by atoms with E-state index in [1.807, 2.05) is 73.7 Å². The van der Waals surface area contributed by atoms with Gasteiger partial charge in [0.1, 0.15) is 11.2 Å². The lowest BCUT2D eigenvalue weighted by Gasteiger charge is -2.06. The Hall–Kier alpha value is -3.07. The van der Waals surface area contributed by atoms with Crippen LogP contribution in [-0.2, 0) is 0 Å². The van der Waals surface area contributed by atoms with E-state index in [1.165, 1.54) is 0 Å². The first-order chi connectivity index (χ1) is 11.2. The molecular weight excluding hydrogens is 286 g/mol. The lowest BCUT2D eigenvalue weighted by molar-refractivity contribution is 0.102. The number of carbonyl (C=O) groups is 1. The van der Waals surface area contributed by atoms with Crippen LogP contribution in [0.15, 0.2) is 71.1 Å². The lowest BCUT2D eigenvalue weighted by atomic mass is 10.1. The molecule has 23 heavy (non-hydrogen) atoms. The second-order valence-corrected chi connectivity index (χ2v) is 5.63. The summed E-state index contributed by atoms with van der Waals surface area (Å²) in [5.41, 5.74) is 4.15. The largest absolute Gasteiger partial charge is 0.456 e. The van der Waals surface area contributed by atoms with Gasteiger partial charge in [0.2, 0.25) is 0 Å². The van der Waals surface area contributed by atoms with E-state index in [9.17, 15) is 4.79 Å². The van der Waals surface area contributed by atoms with Gasteiger partial charge >= 0.3 is 0 Å². The quantitative estimate of drug-likeness (QED) is 0.556. The maximum atomic E-state index is 12.4. The molecule has 4 aromatic rings. The van der Waals surface area contributed by atoms with Gasteiger partial charge in [0.25, 0.3) is 5.91 Å². The molecular formula is C20H15NO2. The molecule has 0 atom stereocenters. The van der Waals surface area contributed by atoms with Gasteiger partial charge < -0.3 is 9.73 Å². The van der Waals surface area contributed by atoms with E-state index in [1.54, 1.807) is 0 Å². The van der Waals surface area contributed by atoms with Crippen molar-refractivity contribution in [3.05, 3.63) is 77.9 Å². The first kappa shape index (κ1) is 13.6. The van der Waals surface area contributed by atoms with E-state index in [2.05, 4.69) is 5.32 Å². The van der Waals surface area contributed by atoms with E-state index in [-0.39, 0.29) is 5.91 Å². The molecule has 0 saturated heterocycles. The van der Waals surface area contributed by atoms with Gasteiger partial charge in [-0.15, -0.1) is 0 Å². The third kappa shape index (κ3) is 2.46. The Balaban J connectivity index is 1.71. The average molecular weight is 301 g/mol. The van der Waals surface area contributed by atoms with Crippen molar-refractivity contribution in [2.45, 2.75) is 6.92 Å². The third-order valence-electron chi connectivity index (χ3n) is 3.91. The molecule has 0 fully saturated rings. The van der Waals surface area contributed by atoms with Crippen molar-refractivity contribution in [2.75, 3.05) is 5.32 Å². The van der Waals surface area contributed by atoms with E-state index < -0.39 is 0 Å². The molecule has 0 spiro atoms. The molecule has 3 aromatic carbocycles. The van der Waals surface area contributed by atoms with Crippen LogP contribution in [0.4, 0.5) is 5.69 Å². The van der Waals surface area contributed by atoms with Crippen molar-refractivity contribution >= 4 is 33.5 Å². The molecule has 1 aromatic heterocycles. The van der Waals surface area contributed by atoms with Crippen LogP contribution in [0.1, 0.15) is 15.9 Å². The fourth-order valence-electron chi connectivity index (χ4n) is 2.79. The fourth-order valence-corrected chi connectivity index (χ4v) is 2.79. The molecule has 1 amide bonds. The highest BCUT2D eigenvalue weighted by atomic mass is 16.3. The van der Waals surface area contributed by atoms with Crippen LogP contribution >= 0.6 is 0 Å². The average Bonchev–Trinajstić information content (AvgIpc) is 2.93. The minimum atomic E-state index is -0.110. The summed E-state index contributed by atoms with van der Waals surface area (Å²) in [7, 11) is 0. The minimum absolute atomic E-state index is 0.110. The molecule has 1 heterocycles. The maximum absolute atomic E-state index is 12.4. The van der Waals surface area contributed by atoms with Crippen molar-refractivity contribution in [1.29, 1.82) is 0 Å². The third-order valence-corrected chi connectivity index (χ3v) is 3.91. The van der Waals surface area contributed by atoms with Gasteiger partial charge in [0, 0.05) is 22.0 Å². The number of fused-ring (bicyclic) bond motifs is 3. The topological polar surface area (TPSA) is 42.2 Å². The van der Waals surface area contributed by atoms with Gasteiger partial charge in [-0.25, -0.2) is 0 Å². The second kappa shape index (κ2) is 5.29. The first-order valence-electron chi connectivity index (χ1n) is 7.50. The zero-order valence-corrected chi connectivity index (χ0v) is 12.7. The molecule has 0 aliphatic heterocycles. The van der Waals surface area contributed by atoms with Gasteiger partial charge in [-0.3, -0.25) is 4.79 Å². The summed E-state index contributed by atoms with van der Waals surface area (Å²) in [4.78, 5) is 12.4. The normalized spacial score (nSPS) is 11.0. The van der Waals surface area contributed by atoms with Gasteiger partial charge in [0.05, 0.1) is 0 Å². The number of amides is 1. The number of furan rings is 1. The SMILES string of the molecule is Cc1cccc(C(=O)Nc2ccc3oc4ccccc4c3c2)c1. The number of benzene rings is 3. The van der Waals surface area contributed by atoms with Crippen molar-refractivity contribution < 1.29 is 9.21 Å². The number of aryl methyl sites for hydroxylation is 1. The van der Waals surface area contributed by atoms with Crippen LogP contribution < -0.4 is 5.32 Å². The summed E-state index contributed by atoms with van der Waals surface area (Å²) in [6.45, 7) is 1.97. The van der Waals surface area contributed by atoms with Gasteiger partial charge in [-0.1, -0.05) is 35.9 Å². The monoisotopic (exact) mass is 301 g/mol. The van der Waals surface area contributed by atoms with E-state index in [0.717, 1.165) is 33.2 Å². The van der Waals surface area contributed by atoms with Crippen molar-refractivity contribution in [3.63, 3.8) is 0 Å². The molecule has 0 aliphatic carbocycles. The second-order valence-electron chi connectivity index (χ2n) is 5.63. The Labute approximate surface area is 133 Å². The van der Waals surface area contributed by atoms with Crippen molar-refractivity contribution in [1.82, 2.24) is 0 Å². The molecule has 3 heteroatoms. The van der Waals surface area contributed by atoms with Crippen LogP contribution in [0, 0.1) is 6.92 Å². The number of rotatable bonds is 2. The molecule has 0 unspecified atom stereocenters. The molecule has 0 saturated carbocycles. The van der Waals surface area contributed by atoms with Gasteiger partial charge in [-0.2, -0.15) is 0 Å². The number of nitrogens with one attached hydrogen (secondary N) is 1. The molecule has 0 radical (unpaired) electrons. The summed E-state index contributed by atoms with van der Waals surface area (Å²) in [5, 5.41) is 5.00. The maximum Gasteiger partial charge on any atom is 0.255 e. The van der Waals surface area contributed by atoms with E-state index in [0.29, 0.717) is 5.56 Å². The highest BCUT2D eigenvalue weighted by molar-refractivity contribution is 6.09. The lowest BCUT2D eigenvalue weighted by Crippen LogP contribution is -2.11. The highest BCUT2D eigenvalue weighted by Crippen LogP contribution is 2.30. The Morgan fingerprint density at radius 3 is 2.57 bits per heavy atom. The summed E-state index contributed by atoms with van der Waals surface area (Å²) in [6.07, 6.45) is 0. The number of para-hydroxylation sites is 1. The predicted molar refractivity (Wildman–Crippen MR) is 92.9 cm³/mol. The first-order valence-corrected chi connectivity index (χ1v) is 7.50. The number of anilines is 1. The zero-order valence-electron chi connectivity index (χ0n) is 12.7. The Bertz CT molecular complexity index is 1030. The molecule has 112 valence electrons. The fraction of sp³-hybridized carbons (Fsp3) is 0.0500. The standard InChI is InChI=1S/C20H15NO2/c1-13-5-4-6-14(11-13)20(22)21-15-9-10-19-17(12-15)16-7-2-3-8-18(16)23-19/h2-12H,1H3,(H,21,22). The molecule has 1 N–H and O–H groups in total. The van der Waals surface area contributed by atoms with Crippen LogP contribution in [-0.4, -0.2) is 5.91 Å².